The number of hydrogen-bond acceptors (Lipinski definition) is 2. The first-order chi connectivity index (χ1) is 9.16. The molecule has 0 atom stereocenters. The van der Waals surface area contributed by atoms with Crippen molar-refractivity contribution in [3.05, 3.63) is 70.3 Å². The summed E-state index contributed by atoms with van der Waals surface area (Å²) in [4.78, 5) is 12.2. The van der Waals surface area contributed by atoms with E-state index in [1.54, 1.807) is 12.1 Å². The Kier molecular flexibility index (Phi) is 2.87. The number of hydrogen-bond donors (Lipinski definition) is 1. The zero-order chi connectivity index (χ0) is 13.4. The number of carbonyl (C=O) groups is 1. The van der Waals surface area contributed by atoms with Gasteiger partial charge in [-0.1, -0.05) is 18.2 Å². The van der Waals surface area contributed by atoms with Crippen LogP contribution in [0.25, 0.3) is 0 Å². The molecule has 0 amide bonds. The highest BCUT2D eigenvalue weighted by atomic mass is 19.2. The SMILES string of the molecule is O=C(c1ccc2c(c1)CNC2)c1cccc(F)c1F. The maximum atomic E-state index is 13.6. The first-order valence-corrected chi connectivity index (χ1v) is 5.98. The van der Waals surface area contributed by atoms with Crippen molar-refractivity contribution in [3.63, 3.8) is 0 Å². The Morgan fingerprint density at radius 1 is 1.05 bits per heavy atom. The highest BCUT2D eigenvalue weighted by molar-refractivity contribution is 6.09. The topological polar surface area (TPSA) is 29.1 Å². The van der Waals surface area contributed by atoms with Gasteiger partial charge in [0, 0.05) is 18.7 Å². The largest absolute Gasteiger partial charge is 0.309 e. The molecule has 2 aromatic rings. The van der Waals surface area contributed by atoms with E-state index in [2.05, 4.69) is 5.32 Å². The lowest BCUT2D eigenvalue weighted by Gasteiger charge is -2.05. The van der Waals surface area contributed by atoms with Gasteiger partial charge in [0.2, 0.25) is 0 Å². The fraction of sp³-hybridized carbons (Fsp3) is 0.133. The van der Waals surface area contributed by atoms with Crippen LogP contribution in [0.15, 0.2) is 36.4 Å². The van der Waals surface area contributed by atoms with E-state index in [0.717, 1.165) is 23.7 Å². The smallest absolute Gasteiger partial charge is 0.196 e. The molecule has 0 spiro atoms. The quantitative estimate of drug-likeness (QED) is 0.840. The monoisotopic (exact) mass is 259 g/mol. The zero-order valence-electron chi connectivity index (χ0n) is 10.0. The maximum absolute atomic E-state index is 13.6. The third kappa shape index (κ3) is 2.04. The van der Waals surface area contributed by atoms with E-state index in [-0.39, 0.29) is 5.56 Å². The van der Waals surface area contributed by atoms with Gasteiger partial charge in [0.25, 0.3) is 0 Å². The van der Waals surface area contributed by atoms with Crippen molar-refractivity contribution in [1.82, 2.24) is 5.32 Å². The Hall–Kier alpha value is -2.07. The number of rotatable bonds is 2. The molecule has 4 heteroatoms. The first-order valence-electron chi connectivity index (χ1n) is 5.98. The molecule has 0 aliphatic carbocycles. The zero-order valence-corrected chi connectivity index (χ0v) is 10.0. The molecule has 0 unspecified atom stereocenters. The Morgan fingerprint density at radius 3 is 2.68 bits per heavy atom. The van der Waals surface area contributed by atoms with Crippen molar-refractivity contribution in [3.8, 4) is 0 Å². The minimum absolute atomic E-state index is 0.231. The van der Waals surface area contributed by atoms with E-state index in [1.165, 1.54) is 12.1 Å². The third-order valence-corrected chi connectivity index (χ3v) is 3.30. The van der Waals surface area contributed by atoms with E-state index in [9.17, 15) is 13.6 Å². The van der Waals surface area contributed by atoms with Crippen LogP contribution in [-0.4, -0.2) is 5.78 Å². The van der Waals surface area contributed by atoms with Gasteiger partial charge in [-0.05, 0) is 29.3 Å². The normalized spacial score (nSPS) is 13.4. The lowest BCUT2D eigenvalue weighted by atomic mass is 9.99. The number of benzene rings is 2. The molecular formula is C15H11F2NO. The van der Waals surface area contributed by atoms with E-state index >= 15 is 0 Å². The van der Waals surface area contributed by atoms with Crippen LogP contribution in [0.5, 0.6) is 0 Å². The molecular weight excluding hydrogens is 248 g/mol. The van der Waals surface area contributed by atoms with Gasteiger partial charge in [0.15, 0.2) is 17.4 Å². The van der Waals surface area contributed by atoms with Crippen molar-refractivity contribution in [2.24, 2.45) is 0 Å². The van der Waals surface area contributed by atoms with Gasteiger partial charge >= 0.3 is 0 Å². The average molecular weight is 259 g/mol. The molecule has 3 rings (SSSR count). The van der Waals surface area contributed by atoms with E-state index < -0.39 is 17.4 Å². The Labute approximate surface area is 109 Å². The minimum atomic E-state index is -1.09. The van der Waals surface area contributed by atoms with Crippen molar-refractivity contribution in [2.45, 2.75) is 13.1 Å². The van der Waals surface area contributed by atoms with Crippen molar-refractivity contribution in [2.75, 3.05) is 0 Å². The van der Waals surface area contributed by atoms with Crippen molar-refractivity contribution in [1.29, 1.82) is 0 Å². The standard InChI is InChI=1S/C15H11F2NO/c16-13-3-1-2-12(14(13)17)15(19)9-4-5-10-7-18-8-11(10)6-9/h1-6,18H,7-8H2. The average Bonchev–Trinajstić information content (AvgIpc) is 2.88. The summed E-state index contributed by atoms with van der Waals surface area (Å²) < 4.78 is 26.7. The molecule has 1 N–H and O–H groups in total. The predicted octanol–water partition coefficient (Wildman–Crippen LogP) is 2.80. The number of fused-ring (bicyclic) bond motifs is 1. The molecule has 1 aliphatic heterocycles. The van der Waals surface area contributed by atoms with E-state index in [4.69, 9.17) is 0 Å². The number of carbonyl (C=O) groups excluding carboxylic acids is 1. The molecule has 1 heterocycles. The van der Waals surface area contributed by atoms with Crippen LogP contribution in [-0.2, 0) is 13.1 Å². The predicted molar refractivity (Wildman–Crippen MR) is 66.8 cm³/mol. The number of halogens is 2. The molecule has 0 fully saturated rings. The summed E-state index contributed by atoms with van der Waals surface area (Å²) in [6, 6.07) is 8.87. The summed E-state index contributed by atoms with van der Waals surface area (Å²) in [5.41, 5.74) is 2.32. The van der Waals surface area contributed by atoms with Crippen LogP contribution < -0.4 is 5.32 Å². The van der Waals surface area contributed by atoms with Crippen LogP contribution in [0.1, 0.15) is 27.0 Å². The van der Waals surface area contributed by atoms with Crippen LogP contribution in [0.2, 0.25) is 0 Å². The second-order valence-electron chi connectivity index (χ2n) is 4.52. The van der Waals surface area contributed by atoms with Crippen LogP contribution >= 0.6 is 0 Å². The summed E-state index contributed by atoms with van der Waals surface area (Å²) in [5.74, 6) is -2.59. The molecule has 2 aromatic carbocycles. The Morgan fingerprint density at radius 2 is 1.84 bits per heavy atom. The van der Waals surface area contributed by atoms with Gasteiger partial charge in [-0.2, -0.15) is 0 Å². The first kappa shape index (κ1) is 12.0. The van der Waals surface area contributed by atoms with Gasteiger partial charge in [0.05, 0.1) is 5.56 Å². The fourth-order valence-corrected chi connectivity index (χ4v) is 2.27. The summed E-state index contributed by atoms with van der Waals surface area (Å²) in [7, 11) is 0. The van der Waals surface area contributed by atoms with E-state index in [1.807, 2.05) is 6.07 Å². The van der Waals surface area contributed by atoms with Gasteiger partial charge in [-0.15, -0.1) is 0 Å². The molecule has 0 saturated heterocycles. The number of nitrogens with one attached hydrogen (secondary N) is 1. The summed E-state index contributed by atoms with van der Waals surface area (Å²) in [5, 5.41) is 3.17. The van der Waals surface area contributed by atoms with Crippen LogP contribution in [0.4, 0.5) is 8.78 Å². The van der Waals surface area contributed by atoms with Gasteiger partial charge < -0.3 is 5.32 Å². The van der Waals surface area contributed by atoms with Crippen molar-refractivity contribution < 1.29 is 13.6 Å². The van der Waals surface area contributed by atoms with E-state index in [0.29, 0.717) is 12.1 Å². The second kappa shape index (κ2) is 4.55. The molecule has 0 radical (unpaired) electrons. The van der Waals surface area contributed by atoms with Crippen LogP contribution in [0, 0.1) is 11.6 Å². The molecule has 1 aliphatic rings. The molecule has 19 heavy (non-hydrogen) atoms. The molecule has 0 bridgehead atoms. The van der Waals surface area contributed by atoms with Gasteiger partial charge in [0.1, 0.15) is 0 Å². The van der Waals surface area contributed by atoms with Crippen LogP contribution in [0.3, 0.4) is 0 Å². The van der Waals surface area contributed by atoms with Gasteiger partial charge in [-0.25, -0.2) is 8.78 Å². The summed E-state index contributed by atoms with van der Waals surface area (Å²) in [6.45, 7) is 1.47. The fourth-order valence-electron chi connectivity index (χ4n) is 2.27. The summed E-state index contributed by atoms with van der Waals surface area (Å²) in [6.07, 6.45) is 0. The molecule has 96 valence electrons. The molecule has 0 aromatic heterocycles. The van der Waals surface area contributed by atoms with Crippen molar-refractivity contribution >= 4 is 5.78 Å². The molecule has 2 nitrogen and oxygen atoms in total. The number of ketones is 1. The Bertz CT molecular complexity index is 667. The minimum Gasteiger partial charge on any atom is -0.309 e. The Balaban J connectivity index is 2.02. The lowest BCUT2D eigenvalue weighted by molar-refractivity contribution is 0.103. The molecule has 0 saturated carbocycles. The highest BCUT2D eigenvalue weighted by Crippen LogP contribution is 2.21. The lowest BCUT2D eigenvalue weighted by Crippen LogP contribution is -2.06. The summed E-state index contributed by atoms with van der Waals surface area (Å²) >= 11 is 0. The second-order valence-corrected chi connectivity index (χ2v) is 4.52. The maximum Gasteiger partial charge on any atom is 0.196 e. The van der Waals surface area contributed by atoms with Gasteiger partial charge in [-0.3, -0.25) is 4.79 Å². The third-order valence-electron chi connectivity index (χ3n) is 3.30. The highest BCUT2D eigenvalue weighted by Gasteiger charge is 2.19.